The molecule has 134 valence electrons. The Morgan fingerprint density at radius 1 is 1.28 bits per heavy atom. The quantitative estimate of drug-likeness (QED) is 0.664. The molecule has 0 saturated carbocycles. The molecule has 1 aliphatic heterocycles. The third-order valence-corrected chi connectivity index (χ3v) is 5.74. The molecule has 1 aromatic carbocycles. The van der Waals surface area contributed by atoms with Crippen LogP contribution in [0.25, 0.3) is 0 Å². The zero-order chi connectivity index (χ0) is 18.0. The Morgan fingerprint density at radius 3 is 2.76 bits per heavy atom. The Balaban J connectivity index is 1.63. The van der Waals surface area contributed by atoms with E-state index in [1.54, 1.807) is 16.2 Å². The number of halogens is 1. The van der Waals surface area contributed by atoms with Crippen molar-refractivity contribution < 1.29 is 14.3 Å². The lowest BCUT2D eigenvalue weighted by Gasteiger charge is -2.31. The minimum absolute atomic E-state index is 0.249. The van der Waals surface area contributed by atoms with Crippen LogP contribution in [0.15, 0.2) is 33.4 Å². The van der Waals surface area contributed by atoms with Gasteiger partial charge in [0.1, 0.15) is 18.0 Å². The maximum absolute atomic E-state index is 12.2. The Labute approximate surface area is 160 Å². The third kappa shape index (κ3) is 4.76. The second-order valence-corrected chi connectivity index (χ2v) is 9.32. The fraction of sp³-hybridized carbons (Fsp3) is 0.421. The molecule has 0 fully saturated rings. The minimum atomic E-state index is -0.467. The number of fused-ring (bicyclic) bond motifs is 1. The van der Waals surface area contributed by atoms with Crippen LogP contribution in [0.5, 0.6) is 5.75 Å². The summed E-state index contributed by atoms with van der Waals surface area (Å²) < 4.78 is 12.5. The van der Waals surface area contributed by atoms with Gasteiger partial charge in [0.05, 0.1) is 3.79 Å². The van der Waals surface area contributed by atoms with E-state index in [4.69, 9.17) is 9.47 Å². The van der Waals surface area contributed by atoms with Crippen molar-refractivity contribution in [1.29, 1.82) is 0 Å². The predicted octanol–water partition coefficient (Wildman–Crippen LogP) is 5.38. The summed E-state index contributed by atoms with van der Waals surface area (Å²) >= 11 is 5.19. The van der Waals surface area contributed by atoms with Gasteiger partial charge in [-0.05, 0) is 77.8 Å². The molecule has 0 bridgehead atoms. The average molecular weight is 424 g/mol. The molecule has 0 atom stereocenters. The molecule has 0 N–H and O–H groups in total. The van der Waals surface area contributed by atoms with Gasteiger partial charge in [-0.1, -0.05) is 6.07 Å². The fourth-order valence-corrected chi connectivity index (χ4v) is 3.88. The lowest BCUT2D eigenvalue weighted by molar-refractivity contribution is 0.0224. The molecule has 2 heterocycles. The van der Waals surface area contributed by atoms with Crippen LogP contribution in [0.1, 0.15) is 37.5 Å². The molecule has 4 nitrogen and oxygen atoms in total. The summed E-state index contributed by atoms with van der Waals surface area (Å²) in [5.41, 5.74) is 3.08. The highest BCUT2D eigenvalue weighted by atomic mass is 79.9. The van der Waals surface area contributed by atoms with Crippen molar-refractivity contribution >= 4 is 33.4 Å². The van der Waals surface area contributed by atoms with E-state index < -0.39 is 5.60 Å². The first kappa shape index (κ1) is 18.3. The summed E-state index contributed by atoms with van der Waals surface area (Å²) in [6.07, 6.45) is 0.564. The monoisotopic (exact) mass is 423 g/mol. The molecule has 0 spiro atoms. The van der Waals surface area contributed by atoms with Gasteiger partial charge in [-0.3, -0.25) is 0 Å². The third-order valence-electron chi connectivity index (χ3n) is 3.93. The van der Waals surface area contributed by atoms with Gasteiger partial charge in [0, 0.05) is 18.7 Å². The van der Waals surface area contributed by atoms with E-state index in [2.05, 4.69) is 28.1 Å². The van der Waals surface area contributed by atoms with Gasteiger partial charge >= 0.3 is 6.09 Å². The number of rotatable bonds is 3. The minimum Gasteiger partial charge on any atom is -0.489 e. The van der Waals surface area contributed by atoms with Crippen molar-refractivity contribution in [2.75, 3.05) is 6.54 Å². The van der Waals surface area contributed by atoms with Gasteiger partial charge in [-0.25, -0.2) is 4.79 Å². The van der Waals surface area contributed by atoms with Crippen molar-refractivity contribution in [1.82, 2.24) is 4.90 Å². The summed E-state index contributed by atoms with van der Waals surface area (Å²) in [7, 11) is 0. The molecule has 0 saturated heterocycles. The first-order chi connectivity index (χ1) is 11.8. The van der Waals surface area contributed by atoms with Crippen LogP contribution in [-0.4, -0.2) is 23.1 Å². The summed E-state index contributed by atoms with van der Waals surface area (Å²) in [5.74, 6) is 0.863. The highest BCUT2D eigenvalue weighted by Crippen LogP contribution is 2.28. The molecule has 1 aromatic heterocycles. The Morgan fingerprint density at radius 2 is 2.08 bits per heavy atom. The summed E-state index contributed by atoms with van der Waals surface area (Å²) in [4.78, 5) is 14.0. The number of ether oxygens (including phenoxy) is 2. The van der Waals surface area contributed by atoms with Crippen LogP contribution >= 0.6 is 27.3 Å². The maximum atomic E-state index is 12.2. The molecule has 0 radical (unpaired) electrons. The van der Waals surface area contributed by atoms with Crippen molar-refractivity contribution in [3.63, 3.8) is 0 Å². The van der Waals surface area contributed by atoms with Gasteiger partial charge in [-0.2, -0.15) is 0 Å². The van der Waals surface area contributed by atoms with E-state index in [1.165, 1.54) is 5.56 Å². The number of hydrogen-bond acceptors (Lipinski definition) is 4. The number of carbonyl (C=O) groups excluding carboxylic acids is 1. The second-order valence-electron chi connectivity index (χ2n) is 7.09. The Kier molecular flexibility index (Phi) is 5.39. The largest absolute Gasteiger partial charge is 0.489 e. The molecule has 0 unspecified atom stereocenters. The van der Waals surface area contributed by atoms with Crippen molar-refractivity contribution in [2.24, 2.45) is 0 Å². The molecule has 2 aromatic rings. The standard InChI is InChI=1S/C19H22BrNO3S/c1-19(2,3)24-18(22)21-8-6-13-10-16(5-4-14(13)11-21)23-12-15-7-9-25-17(15)20/h4-5,7,9-10H,6,8,11-12H2,1-3H3. The van der Waals surface area contributed by atoms with Gasteiger partial charge < -0.3 is 14.4 Å². The van der Waals surface area contributed by atoms with Crippen molar-refractivity contribution in [2.45, 2.75) is 45.9 Å². The molecule has 1 aliphatic rings. The normalized spacial score (nSPS) is 14.2. The lowest BCUT2D eigenvalue weighted by atomic mass is 10.00. The highest BCUT2D eigenvalue weighted by molar-refractivity contribution is 9.11. The zero-order valence-corrected chi connectivity index (χ0v) is 17.1. The smallest absolute Gasteiger partial charge is 0.410 e. The van der Waals surface area contributed by atoms with E-state index in [-0.39, 0.29) is 6.09 Å². The molecule has 1 amide bonds. The summed E-state index contributed by atoms with van der Waals surface area (Å²) in [6, 6.07) is 8.16. The van der Waals surface area contributed by atoms with Gasteiger partial charge in [0.25, 0.3) is 0 Å². The molecule has 6 heteroatoms. The SMILES string of the molecule is CC(C)(C)OC(=O)N1CCc2cc(OCc3ccsc3Br)ccc2C1. The van der Waals surface area contributed by atoms with E-state index in [0.29, 0.717) is 19.7 Å². The van der Waals surface area contributed by atoms with Crippen LogP contribution in [0.2, 0.25) is 0 Å². The van der Waals surface area contributed by atoms with E-state index >= 15 is 0 Å². The van der Waals surface area contributed by atoms with Crippen LogP contribution in [0.3, 0.4) is 0 Å². The highest BCUT2D eigenvalue weighted by Gasteiger charge is 2.25. The first-order valence-electron chi connectivity index (χ1n) is 8.26. The molecule has 0 aliphatic carbocycles. The number of benzene rings is 1. The summed E-state index contributed by atoms with van der Waals surface area (Å²) in [6.45, 7) is 7.46. The maximum Gasteiger partial charge on any atom is 0.410 e. The number of carbonyl (C=O) groups is 1. The Bertz CT molecular complexity index is 766. The number of hydrogen-bond donors (Lipinski definition) is 0. The van der Waals surface area contributed by atoms with Crippen molar-refractivity contribution in [3.8, 4) is 5.75 Å². The summed E-state index contributed by atoms with van der Waals surface area (Å²) in [5, 5.41) is 2.04. The van der Waals surface area contributed by atoms with E-state index in [0.717, 1.165) is 27.1 Å². The second kappa shape index (κ2) is 7.38. The van der Waals surface area contributed by atoms with Crippen LogP contribution in [0, 0.1) is 0 Å². The van der Waals surface area contributed by atoms with Crippen LogP contribution in [-0.2, 0) is 24.3 Å². The predicted molar refractivity (Wildman–Crippen MR) is 103 cm³/mol. The topological polar surface area (TPSA) is 38.8 Å². The van der Waals surface area contributed by atoms with E-state index in [9.17, 15) is 4.79 Å². The van der Waals surface area contributed by atoms with E-state index in [1.807, 2.05) is 38.3 Å². The molecule has 3 rings (SSSR count). The number of thiophene rings is 1. The lowest BCUT2D eigenvalue weighted by Crippen LogP contribution is -2.39. The van der Waals surface area contributed by atoms with Gasteiger partial charge in [0.15, 0.2) is 0 Å². The van der Waals surface area contributed by atoms with Crippen molar-refractivity contribution in [3.05, 3.63) is 50.1 Å². The molecular formula is C19H22BrNO3S. The van der Waals surface area contributed by atoms with Crippen LogP contribution in [0.4, 0.5) is 4.79 Å². The number of amides is 1. The van der Waals surface area contributed by atoms with Gasteiger partial charge in [0.2, 0.25) is 0 Å². The van der Waals surface area contributed by atoms with Crippen LogP contribution < -0.4 is 4.74 Å². The van der Waals surface area contributed by atoms with Gasteiger partial charge in [-0.15, -0.1) is 11.3 Å². The molecule has 25 heavy (non-hydrogen) atoms. The first-order valence-corrected chi connectivity index (χ1v) is 9.93. The zero-order valence-electron chi connectivity index (χ0n) is 14.7. The fourth-order valence-electron chi connectivity index (χ4n) is 2.68. The Hall–Kier alpha value is -1.53. The molecular weight excluding hydrogens is 402 g/mol. The average Bonchev–Trinajstić information content (AvgIpc) is 2.95. The number of nitrogens with zero attached hydrogens (tertiary/aromatic N) is 1.